The fraction of sp³-hybridized carbons (Fsp3) is 0.400. The van der Waals surface area contributed by atoms with Crippen molar-refractivity contribution < 1.29 is 17.2 Å². The first-order valence-electron chi connectivity index (χ1n) is 6.57. The van der Waals surface area contributed by atoms with Crippen LogP contribution < -0.4 is 27.9 Å². The van der Waals surface area contributed by atoms with Crippen molar-refractivity contribution in [3.05, 3.63) is 36.0 Å². The molecule has 0 heterocycles. The van der Waals surface area contributed by atoms with E-state index in [2.05, 4.69) is 42.0 Å². The first-order chi connectivity index (χ1) is 8.97. The maximum Gasteiger partial charge on any atom is 0.323 e. The monoisotopic (exact) mass is 296 g/mol. The molecule has 0 saturated heterocycles. The van der Waals surface area contributed by atoms with E-state index in [-0.39, 0.29) is 18.4 Å². The lowest BCUT2D eigenvalue weighted by Crippen LogP contribution is -3.00. The van der Waals surface area contributed by atoms with Gasteiger partial charge in [-0.15, -0.1) is 0 Å². The average Bonchev–Trinajstić information content (AvgIpc) is 2.33. The lowest BCUT2D eigenvalue weighted by molar-refractivity contribution is -0.00000743. The van der Waals surface area contributed by atoms with Crippen molar-refractivity contribution in [3.8, 4) is 0 Å². The van der Waals surface area contributed by atoms with Crippen LogP contribution in [-0.2, 0) is 0 Å². The minimum Gasteiger partial charge on any atom is -1.00 e. The Hall–Kier alpha value is -1.68. The Morgan fingerprint density at radius 3 is 2.35 bits per heavy atom. The smallest absolute Gasteiger partial charge is 0.323 e. The molecule has 0 aliphatic rings. The highest BCUT2D eigenvalue weighted by atomic mass is 35.5. The molecule has 0 bridgehead atoms. The third-order valence-corrected chi connectivity index (χ3v) is 2.91. The summed E-state index contributed by atoms with van der Waals surface area (Å²) in [5.41, 5.74) is 3.65. The maximum absolute atomic E-state index is 11.6. The highest BCUT2D eigenvalue weighted by Crippen LogP contribution is 2.22. The molecule has 1 aromatic rings. The predicted octanol–water partition coefficient (Wildman–Crippen LogP) is 0.500. The van der Waals surface area contributed by atoms with E-state index in [1.807, 2.05) is 19.1 Å². The summed E-state index contributed by atoms with van der Waals surface area (Å²) in [6, 6.07) is 5.78. The summed E-state index contributed by atoms with van der Waals surface area (Å²) >= 11 is 0. The van der Waals surface area contributed by atoms with Gasteiger partial charge in [0.15, 0.2) is 0 Å². The van der Waals surface area contributed by atoms with Crippen molar-refractivity contribution in [1.82, 2.24) is 5.32 Å². The molecule has 0 spiro atoms. The Balaban J connectivity index is 0.00000361. The number of amides is 2. The van der Waals surface area contributed by atoms with Crippen LogP contribution in [0.25, 0.3) is 0 Å². The van der Waals surface area contributed by atoms with Gasteiger partial charge in [-0.3, -0.25) is 0 Å². The molecule has 112 valence electrons. The van der Waals surface area contributed by atoms with Gasteiger partial charge < -0.3 is 27.9 Å². The van der Waals surface area contributed by atoms with Crippen molar-refractivity contribution in [2.24, 2.45) is 0 Å². The summed E-state index contributed by atoms with van der Waals surface area (Å²) in [5, 5.41) is 5.44. The zero-order valence-electron chi connectivity index (χ0n) is 12.6. The Morgan fingerprint density at radius 2 is 1.90 bits per heavy atom. The van der Waals surface area contributed by atoms with Gasteiger partial charge in [-0.2, -0.15) is 0 Å². The molecule has 0 aliphatic carbocycles. The van der Waals surface area contributed by atoms with E-state index in [4.69, 9.17) is 0 Å². The van der Waals surface area contributed by atoms with E-state index < -0.39 is 0 Å². The second-order valence-corrected chi connectivity index (χ2v) is 4.53. The topological polar surface area (TPSA) is 44.4 Å². The Labute approximate surface area is 127 Å². The SMILES string of the molecule is C=C(C)NC(=O)Nc1ccc(N(CC)CC)cc1C.[Cl-]. The van der Waals surface area contributed by atoms with E-state index in [9.17, 15) is 4.79 Å². The van der Waals surface area contributed by atoms with Gasteiger partial charge in [-0.25, -0.2) is 4.79 Å². The molecule has 0 aromatic heterocycles. The van der Waals surface area contributed by atoms with Gasteiger partial charge in [-0.1, -0.05) is 6.58 Å². The first kappa shape index (κ1) is 18.3. The van der Waals surface area contributed by atoms with Crippen molar-refractivity contribution in [2.75, 3.05) is 23.3 Å². The standard InChI is InChI=1S/C15H23N3O.ClH/c1-6-18(7-2)13-8-9-14(12(5)10-13)17-15(19)16-11(3)4;/h8-10H,3,6-7H2,1-2,4-5H3,(H2,16,17,19);1H/p-1. The number of nitrogens with one attached hydrogen (secondary N) is 2. The zero-order chi connectivity index (χ0) is 14.4. The fourth-order valence-electron chi connectivity index (χ4n) is 1.92. The molecule has 5 heteroatoms. The molecular formula is C15H23ClN3O-. The largest absolute Gasteiger partial charge is 1.00 e. The Kier molecular flexibility index (Phi) is 7.77. The van der Waals surface area contributed by atoms with Crippen LogP contribution in [0.4, 0.5) is 16.2 Å². The average molecular weight is 297 g/mol. The van der Waals surface area contributed by atoms with Gasteiger partial charge in [0.2, 0.25) is 0 Å². The summed E-state index contributed by atoms with van der Waals surface area (Å²) < 4.78 is 0. The number of benzene rings is 1. The maximum atomic E-state index is 11.6. The van der Waals surface area contributed by atoms with Crippen LogP contribution in [-0.4, -0.2) is 19.1 Å². The number of allylic oxidation sites excluding steroid dienone is 1. The summed E-state index contributed by atoms with van der Waals surface area (Å²) in [6.07, 6.45) is 0. The van der Waals surface area contributed by atoms with E-state index in [0.29, 0.717) is 5.70 Å². The van der Waals surface area contributed by atoms with Crippen LogP contribution in [0, 0.1) is 6.92 Å². The molecule has 2 N–H and O–H groups in total. The highest BCUT2D eigenvalue weighted by molar-refractivity contribution is 5.91. The molecule has 0 atom stereocenters. The molecule has 2 amide bonds. The van der Waals surface area contributed by atoms with Gasteiger partial charge >= 0.3 is 6.03 Å². The Bertz CT molecular complexity index is 470. The van der Waals surface area contributed by atoms with Gasteiger partial charge in [0.25, 0.3) is 0 Å². The second-order valence-electron chi connectivity index (χ2n) is 4.53. The molecule has 20 heavy (non-hydrogen) atoms. The number of halogens is 1. The Morgan fingerprint density at radius 1 is 1.30 bits per heavy atom. The molecule has 0 unspecified atom stereocenters. The molecule has 0 radical (unpaired) electrons. The van der Waals surface area contributed by atoms with Crippen molar-refractivity contribution in [2.45, 2.75) is 27.7 Å². The lowest BCUT2D eigenvalue weighted by Gasteiger charge is -2.22. The number of carbonyl (C=O) groups is 1. The number of carbonyl (C=O) groups excluding carboxylic acids is 1. The number of hydrogen-bond acceptors (Lipinski definition) is 2. The second kappa shape index (κ2) is 8.48. The highest BCUT2D eigenvalue weighted by Gasteiger charge is 2.07. The van der Waals surface area contributed by atoms with Crippen molar-refractivity contribution in [1.29, 1.82) is 0 Å². The quantitative estimate of drug-likeness (QED) is 0.831. The van der Waals surface area contributed by atoms with Gasteiger partial charge in [-0.05, 0) is 51.5 Å². The van der Waals surface area contributed by atoms with E-state index >= 15 is 0 Å². The molecular weight excluding hydrogens is 274 g/mol. The minimum absolute atomic E-state index is 0. The van der Waals surface area contributed by atoms with Gasteiger partial charge in [0, 0.05) is 30.2 Å². The molecule has 0 aliphatic heterocycles. The van der Waals surface area contributed by atoms with Gasteiger partial charge in [0.05, 0.1) is 0 Å². The van der Waals surface area contributed by atoms with Gasteiger partial charge in [0.1, 0.15) is 0 Å². The summed E-state index contributed by atoms with van der Waals surface area (Å²) in [5.74, 6) is 0. The van der Waals surface area contributed by atoms with Crippen molar-refractivity contribution >= 4 is 17.4 Å². The normalized spacial score (nSPS) is 9.40. The number of rotatable bonds is 5. The third kappa shape index (κ3) is 5.13. The third-order valence-electron chi connectivity index (χ3n) is 2.91. The number of anilines is 2. The lowest BCUT2D eigenvalue weighted by atomic mass is 10.1. The summed E-state index contributed by atoms with van der Waals surface area (Å²) in [7, 11) is 0. The van der Waals surface area contributed by atoms with Crippen LogP contribution in [0.3, 0.4) is 0 Å². The van der Waals surface area contributed by atoms with Crippen LogP contribution in [0.2, 0.25) is 0 Å². The number of nitrogens with zero attached hydrogens (tertiary/aromatic N) is 1. The molecule has 4 nitrogen and oxygen atoms in total. The molecule has 1 aromatic carbocycles. The van der Waals surface area contributed by atoms with Crippen LogP contribution in [0.5, 0.6) is 0 Å². The zero-order valence-corrected chi connectivity index (χ0v) is 13.3. The van der Waals surface area contributed by atoms with E-state index in [1.54, 1.807) is 6.92 Å². The summed E-state index contributed by atoms with van der Waals surface area (Å²) in [6.45, 7) is 13.6. The van der Waals surface area contributed by atoms with Crippen LogP contribution >= 0.6 is 0 Å². The molecule has 1 rings (SSSR count). The number of hydrogen-bond donors (Lipinski definition) is 2. The van der Waals surface area contributed by atoms with Crippen LogP contribution in [0.1, 0.15) is 26.3 Å². The van der Waals surface area contributed by atoms with E-state index in [1.165, 1.54) is 5.69 Å². The number of urea groups is 1. The molecule has 0 fully saturated rings. The van der Waals surface area contributed by atoms with E-state index in [0.717, 1.165) is 24.3 Å². The predicted molar refractivity (Wildman–Crippen MR) is 81.7 cm³/mol. The first-order valence-corrected chi connectivity index (χ1v) is 6.57. The number of aryl methyl sites for hydroxylation is 1. The van der Waals surface area contributed by atoms with Crippen LogP contribution in [0.15, 0.2) is 30.5 Å². The molecule has 0 saturated carbocycles. The fourth-order valence-corrected chi connectivity index (χ4v) is 1.92. The minimum atomic E-state index is -0.258. The summed E-state index contributed by atoms with van der Waals surface area (Å²) in [4.78, 5) is 13.9. The van der Waals surface area contributed by atoms with Crippen molar-refractivity contribution in [3.63, 3.8) is 0 Å².